The summed E-state index contributed by atoms with van der Waals surface area (Å²) in [5, 5.41) is 10.7. The molecule has 0 amide bonds. The first-order chi connectivity index (χ1) is 12.2. The van der Waals surface area contributed by atoms with Crippen LogP contribution in [0.3, 0.4) is 0 Å². The predicted molar refractivity (Wildman–Crippen MR) is 97.5 cm³/mol. The molecule has 0 aliphatic carbocycles. The average molecular weight is 379 g/mol. The molecular weight excluding hydrogens is 363 g/mol. The van der Waals surface area contributed by atoms with Crippen LogP contribution in [-0.2, 0) is 13.2 Å². The van der Waals surface area contributed by atoms with Gasteiger partial charge in [0.25, 0.3) is 0 Å². The Morgan fingerprint density at radius 3 is 2.76 bits per heavy atom. The zero-order chi connectivity index (χ0) is 17.6. The first-order valence-corrected chi connectivity index (χ1v) is 8.24. The van der Waals surface area contributed by atoms with Crippen LogP contribution in [0.1, 0.15) is 11.1 Å². The zero-order valence-electron chi connectivity index (χ0n) is 13.4. The summed E-state index contributed by atoms with van der Waals surface area (Å²) in [6.45, 7) is 0.853. The van der Waals surface area contributed by atoms with Gasteiger partial charge >= 0.3 is 0 Å². The highest BCUT2D eigenvalue weighted by molar-refractivity contribution is 6.32. The average Bonchev–Trinajstić information content (AvgIpc) is 3.12. The molecule has 25 heavy (non-hydrogen) atoms. The van der Waals surface area contributed by atoms with E-state index >= 15 is 0 Å². The van der Waals surface area contributed by atoms with Crippen molar-refractivity contribution >= 4 is 29.2 Å². The molecule has 8 heteroatoms. The Hall–Kier alpha value is -2.44. The molecule has 2 aromatic carbocycles. The molecule has 0 unspecified atom stereocenters. The molecule has 3 rings (SSSR count). The van der Waals surface area contributed by atoms with Crippen LogP contribution in [0, 0.1) is 0 Å². The first kappa shape index (κ1) is 17.4. The van der Waals surface area contributed by atoms with E-state index in [-0.39, 0.29) is 0 Å². The molecule has 0 bridgehead atoms. The Morgan fingerprint density at radius 2 is 2.04 bits per heavy atom. The second-order valence-corrected chi connectivity index (χ2v) is 6.06. The van der Waals surface area contributed by atoms with Gasteiger partial charge in [0.2, 0.25) is 5.95 Å². The predicted octanol–water partition coefficient (Wildman–Crippen LogP) is 4.31. The maximum atomic E-state index is 6.38. The molecule has 2 N–H and O–H groups in total. The van der Waals surface area contributed by atoms with E-state index in [9.17, 15) is 0 Å². The molecule has 130 valence electrons. The molecule has 0 saturated heterocycles. The second-order valence-electron chi connectivity index (χ2n) is 5.22. The molecule has 0 saturated carbocycles. The highest BCUT2D eigenvalue weighted by atomic mass is 35.5. The fraction of sp³-hybridized carbons (Fsp3) is 0.176. The van der Waals surface area contributed by atoms with E-state index in [1.165, 1.54) is 6.33 Å². The lowest BCUT2D eigenvalue weighted by atomic mass is 10.2. The summed E-state index contributed by atoms with van der Waals surface area (Å²) in [5.74, 6) is 1.63. The van der Waals surface area contributed by atoms with Gasteiger partial charge < -0.3 is 14.8 Å². The largest absolute Gasteiger partial charge is 0.493 e. The summed E-state index contributed by atoms with van der Waals surface area (Å²) >= 11 is 12.4. The molecule has 0 atom stereocenters. The Kier molecular flexibility index (Phi) is 5.63. The number of anilines is 1. The minimum atomic E-state index is 0.340. The monoisotopic (exact) mass is 378 g/mol. The van der Waals surface area contributed by atoms with Crippen LogP contribution in [0.15, 0.2) is 42.7 Å². The Labute approximate surface area is 155 Å². The maximum absolute atomic E-state index is 6.38. The van der Waals surface area contributed by atoms with Crippen molar-refractivity contribution in [1.82, 2.24) is 15.2 Å². The van der Waals surface area contributed by atoms with Crippen LogP contribution >= 0.6 is 23.2 Å². The number of methoxy groups -OCH3 is 1. The minimum Gasteiger partial charge on any atom is -0.493 e. The van der Waals surface area contributed by atoms with E-state index in [2.05, 4.69) is 20.5 Å². The number of aromatic amines is 1. The number of benzene rings is 2. The summed E-state index contributed by atoms with van der Waals surface area (Å²) in [4.78, 5) is 4.01. The fourth-order valence-electron chi connectivity index (χ4n) is 2.27. The number of nitrogens with zero attached hydrogens (tertiary/aromatic N) is 2. The molecule has 0 spiro atoms. The molecule has 3 aromatic rings. The van der Waals surface area contributed by atoms with Gasteiger partial charge in [0, 0.05) is 11.6 Å². The van der Waals surface area contributed by atoms with E-state index in [1.54, 1.807) is 7.11 Å². The van der Waals surface area contributed by atoms with Gasteiger partial charge in [-0.25, -0.2) is 10.1 Å². The molecular formula is C17H16Cl2N4O2. The van der Waals surface area contributed by atoms with Gasteiger partial charge in [-0.3, -0.25) is 0 Å². The first-order valence-electron chi connectivity index (χ1n) is 7.48. The summed E-state index contributed by atoms with van der Waals surface area (Å²) in [6, 6.07) is 11.1. The molecule has 0 fully saturated rings. The summed E-state index contributed by atoms with van der Waals surface area (Å²) in [6.07, 6.45) is 1.43. The summed E-state index contributed by atoms with van der Waals surface area (Å²) < 4.78 is 11.3. The maximum Gasteiger partial charge on any atom is 0.218 e. The third-order valence-corrected chi connectivity index (χ3v) is 3.95. The van der Waals surface area contributed by atoms with Crippen molar-refractivity contribution in [2.24, 2.45) is 0 Å². The third-order valence-electron chi connectivity index (χ3n) is 3.44. The Bertz CT molecular complexity index is 841. The number of halogens is 2. The van der Waals surface area contributed by atoms with Crippen molar-refractivity contribution in [2.45, 2.75) is 13.2 Å². The van der Waals surface area contributed by atoms with Crippen molar-refractivity contribution in [1.29, 1.82) is 0 Å². The molecule has 0 radical (unpaired) electrons. The van der Waals surface area contributed by atoms with Crippen molar-refractivity contribution in [3.05, 3.63) is 63.9 Å². The van der Waals surface area contributed by atoms with Crippen LogP contribution < -0.4 is 14.8 Å². The van der Waals surface area contributed by atoms with Gasteiger partial charge in [-0.2, -0.15) is 5.10 Å². The number of hydrogen-bond acceptors (Lipinski definition) is 5. The van der Waals surface area contributed by atoms with Gasteiger partial charge in [-0.1, -0.05) is 35.3 Å². The van der Waals surface area contributed by atoms with Crippen LogP contribution in [0.2, 0.25) is 10.0 Å². The van der Waals surface area contributed by atoms with Crippen molar-refractivity contribution in [2.75, 3.05) is 12.4 Å². The SMILES string of the molecule is COc1cc(CNc2ncn[nH]2)cc(Cl)c1OCc1cccc(Cl)c1. The Morgan fingerprint density at radius 1 is 1.16 bits per heavy atom. The molecule has 0 aliphatic heterocycles. The molecule has 1 heterocycles. The van der Waals surface area contributed by atoms with Crippen molar-refractivity contribution < 1.29 is 9.47 Å². The number of nitrogens with one attached hydrogen (secondary N) is 2. The van der Waals surface area contributed by atoms with Crippen LogP contribution in [-0.4, -0.2) is 22.3 Å². The van der Waals surface area contributed by atoms with Crippen LogP contribution in [0.25, 0.3) is 0 Å². The molecule has 1 aromatic heterocycles. The zero-order valence-corrected chi connectivity index (χ0v) is 14.9. The van der Waals surface area contributed by atoms with E-state index in [0.29, 0.717) is 40.6 Å². The normalized spacial score (nSPS) is 10.5. The highest BCUT2D eigenvalue weighted by Gasteiger charge is 2.13. The van der Waals surface area contributed by atoms with Gasteiger partial charge in [-0.05, 0) is 35.4 Å². The fourth-order valence-corrected chi connectivity index (χ4v) is 2.77. The van der Waals surface area contributed by atoms with E-state index in [0.717, 1.165) is 11.1 Å². The topological polar surface area (TPSA) is 72.1 Å². The number of H-pyrrole nitrogens is 1. The van der Waals surface area contributed by atoms with Gasteiger partial charge in [0.05, 0.1) is 12.1 Å². The highest BCUT2D eigenvalue weighted by Crippen LogP contribution is 2.37. The third kappa shape index (κ3) is 4.55. The van der Waals surface area contributed by atoms with Gasteiger partial charge in [-0.15, -0.1) is 0 Å². The van der Waals surface area contributed by atoms with Gasteiger partial charge in [0.1, 0.15) is 12.9 Å². The van der Waals surface area contributed by atoms with E-state index in [1.807, 2.05) is 36.4 Å². The van der Waals surface area contributed by atoms with Crippen LogP contribution in [0.4, 0.5) is 5.95 Å². The van der Waals surface area contributed by atoms with Crippen LogP contribution in [0.5, 0.6) is 11.5 Å². The van der Waals surface area contributed by atoms with Gasteiger partial charge in [0.15, 0.2) is 11.5 Å². The lowest BCUT2D eigenvalue weighted by Crippen LogP contribution is -2.03. The number of ether oxygens (including phenoxy) is 2. The van der Waals surface area contributed by atoms with E-state index < -0.39 is 0 Å². The standard InChI is InChI=1S/C17H16Cl2N4O2/c1-24-15-7-12(8-20-17-21-10-22-23-17)6-14(19)16(15)25-9-11-3-2-4-13(18)5-11/h2-7,10H,8-9H2,1H3,(H2,20,21,22,23). The lowest BCUT2D eigenvalue weighted by Gasteiger charge is -2.14. The molecule has 6 nitrogen and oxygen atoms in total. The van der Waals surface area contributed by atoms with Crippen molar-refractivity contribution in [3.63, 3.8) is 0 Å². The molecule has 0 aliphatic rings. The second kappa shape index (κ2) is 8.09. The lowest BCUT2D eigenvalue weighted by molar-refractivity contribution is 0.284. The quantitative estimate of drug-likeness (QED) is 0.640. The number of aromatic nitrogens is 3. The Balaban J connectivity index is 1.72. The number of hydrogen-bond donors (Lipinski definition) is 2. The number of rotatable bonds is 7. The minimum absolute atomic E-state index is 0.340. The smallest absolute Gasteiger partial charge is 0.218 e. The summed E-state index contributed by atoms with van der Waals surface area (Å²) in [5.41, 5.74) is 1.87. The summed E-state index contributed by atoms with van der Waals surface area (Å²) in [7, 11) is 1.57. The van der Waals surface area contributed by atoms with E-state index in [4.69, 9.17) is 32.7 Å². The van der Waals surface area contributed by atoms with Crippen molar-refractivity contribution in [3.8, 4) is 11.5 Å².